The lowest BCUT2D eigenvalue weighted by Gasteiger charge is -2.35. The largest absolute Gasteiger partial charge is 0.381 e. The summed E-state index contributed by atoms with van der Waals surface area (Å²) in [6, 6.07) is 4.55. The van der Waals surface area contributed by atoms with E-state index >= 15 is 0 Å². The first kappa shape index (κ1) is 11.2. The summed E-state index contributed by atoms with van der Waals surface area (Å²) < 4.78 is 5.42. The van der Waals surface area contributed by atoms with Gasteiger partial charge in [0.2, 0.25) is 5.91 Å². The molecule has 2 fully saturated rings. The molecule has 1 amide bonds. The zero-order chi connectivity index (χ0) is 11.7. The molecule has 17 heavy (non-hydrogen) atoms. The fourth-order valence-electron chi connectivity index (χ4n) is 2.41. The van der Waals surface area contributed by atoms with Gasteiger partial charge in [-0.3, -0.25) is 4.79 Å². The van der Waals surface area contributed by atoms with Crippen molar-refractivity contribution in [1.29, 1.82) is 0 Å². The third-order valence-electron chi connectivity index (χ3n) is 3.69. The zero-order valence-electron chi connectivity index (χ0n) is 9.78. The number of rotatable bonds is 3. The van der Waals surface area contributed by atoms with E-state index in [0.717, 1.165) is 25.7 Å². The number of thiophene rings is 1. The summed E-state index contributed by atoms with van der Waals surface area (Å²) in [5, 5.41) is 5.22. The normalized spacial score (nSPS) is 23.3. The molecule has 0 atom stereocenters. The second-order valence-corrected chi connectivity index (χ2v) is 5.87. The van der Waals surface area contributed by atoms with Gasteiger partial charge >= 0.3 is 0 Å². The van der Waals surface area contributed by atoms with E-state index in [1.165, 1.54) is 4.88 Å². The van der Waals surface area contributed by atoms with Crippen LogP contribution in [0.4, 0.5) is 0 Å². The lowest BCUT2D eigenvalue weighted by Crippen LogP contribution is -2.48. The molecule has 1 aromatic rings. The van der Waals surface area contributed by atoms with Gasteiger partial charge in [-0.2, -0.15) is 0 Å². The maximum absolute atomic E-state index is 12.5. The van der Waals surface area contributed by atoms with Crippen molar-refractivity contribution in [3.8, 4) is 0 Å². The van der Waals surface area contributed by atoms with Gasteiger partial charge < -0.3 is 10.1 Å². The van der Waals surface area contributed by atoms with E-state index in [4.69, 9.17) is 4.74 Å². The van der Waals surface area contributed by atoms with Gasteiger partial charge in [-0.05, 0) is 37.1 Å². The van der Waals surface area contributed by atoms with Gasteiger partial charge in [0.25, 0.3) is 0 Å². The molecule has 0 unspecified atom stereocenters. The summed E-state index contributed by atoms with van der Waals surface area (Å²) in [5.74, 6) is 0.214. The zero-order valence-corrected chi connectivity index (χ0v) is 10.6. The number of ether oxygens (including phenoxy) is 1. The molecule has 0 spiro atoms. The second-order valence-electron chi connectivity index (χ2n) is 4.92. The quantitative estimate of drug-likeness (QED) is 0.893. The minimum absolute atomic E-state index is 0.214. The van der Waals surface area contributed by atoms with Gasteiger partial charge in [-0.25, -0.2) is 0 Å². The Kier molecular flexibility index (Phi) is 2.92. The number of nitrogens with one attached hydrogen (secondary N) is 1. The molecular weight excluding hydrogens is 234 g/mol. The van der Waals surface area contributed by atoms with Crippen LogP contribution in [0.3, 0.4) is 0 Å². The molecule has 2 heterocycles. The highest BCUT2D eigenvalue weighted by molar-refractivity contribution is 7.10. The highest BCUT2D eigenvalue weighted by atomic mass is 32.1. The molecule has 92 valence electrons. The van der Waals surface area contributed by atoms with Crippen LogP contribution in [0, 0.1) is 0 Å². The van der Waals surface area contributed by atoms with Crippen LogP contribution in [0.25, 0.3) is 0 Å². The van der Waals surface area contributed by atoms with E-state index in [2.05, 4.69) is 16.8 Å². The van der Waals surface area contributed by atoms with Crippen molar-refractivity contribution in [3.63, 3.8) is 0 Å². The maximum Gasteiger partial charge on any atom is 0.231 e. The highest BCUT2D eigenvalue weighted by Crippen LogP contribution is 2.38. The van der Waals surface area contributed by atoms with Crippen molar-refractivity contribution in [3.05, 3.63) is 22.4 Å². The summed E-state index contributed by atoms with van der Waals surface area (Å²) in [7, 11) is 0. The molecule has 1 saturated heterocycles. The second kappa shape index (κ2) is 4.42. The van der Waals surface area contributed by atoms with Gasteiger partial charge in [0, 0.05) is 24.1 Å². The van der Waals surface area contributed by atoms with E-state index < -0.39 is 0 Å². The van der Waals surface area contributed by atoms with Crippen molar-refractivity contribution in [2.24, 2.45) is 0 Å². The fraction of sp³-hybridized carbons (Fsp3) is 0.615. The summed E-state index contributed by atoms with van der Waals surface area (Å²) in [5.41, 5.74) is -0.324. The van der Waals surface area contributed by atoms with E-state index in [1.54, 1.807) is 11.3 Å². The first-order valence-electron chi connectivity index (χ1n) is 6.24. The third kappa shape index (κ3) is 2.11. The fourth-order valence-corrected chi connectivity index (χ4v) is 3.39. The molecule has 1 aliphatic heterocycles. The topological polar surface area (TPSA) is 38.3 Å². The van der Waals surface area contributed by atoms with Crippen molar-refractivity contribution in [1.82, 2.24) is 5.32 Å². The molecular formula is C13H17NO2S. The summed E-state index contributed by atoms with van der Waals surface area (Å²) in [6.07, 6.45) is 3.91. The summed E-state index contributed by atoms with van der Waals surface area (Å²) in [4.78, 5) is 13.7. The molecule has 4 heteroatoms. The Balaban J connectivity index is 1.86. The van der Waals surface area contributed by atoms with Gasteiger partial charge in [-0.15, -0.1) is 11.3 Å². The van der Waals surface area contributed by atoms with Crippen molar-refractivity contribution in [2.45, 2.75) is 37.1 Å². The Labute approximate surface area is 105 Å². The third-order valence-corrected chi connectivity index (χ3v) is 4.76. The molecule has 1 saturated carbocycles. The molecule has 3 rings (SSSR count). The molecule has 3 nitrogen and oxygen atoms in total. The Morgan fingerprint density at radius 3 is 2.76 bits per heavy atom. The van der Waals surface area contributed by atoms with Crippen LogP contribution in [-0.2, 0) is 14.9 Å². The van der Waals surface area contributed by atoms with E-state index in [9.17, 15) is 4.79 Å². The Morgan fingerprint density at radius 2 is 2.18 bits per heavy atom. The first-order chi connectivity index (χ1) is 8.31. The first-order valence-corrected chi connectivity index (χ1v) is 7.12. The van der Waals surface area contributed by atoms with Gasteiger partial charge in [0.1, 0.15) is 0 Å². The average Bonchev–Trinajstić information content (AvgIpc) is 3.00. The summed E-state index contributed by atoms with van der Waals surface area (Å²) in [6.45, 7) is 1.38. The van der Waals surface area contributed by atoms with E-state index in [0.29, 0.717) is 19.3 Å². The van der Waals surface area contributed by atoms with Crippen LogP contribution in [-0.4, -0.2) is 25.2 Å². The smallest absolute Gasteiger partial charge is 0.231 e. The van der Waals surface area contributed by atoms with E-state index in [-0.39, 0.29) is 11.3 Å². The van der Waals surface area contributed by atoms with Crippen LogP contribution in [0.5, 0.6) is 0 Å². The molecule has 0 radical (unpaired) electrons. The van der Waals surface area contributed by atoms with Crippen molar-refractivity contribution in [2.75, 3.05) is 13.2 Å². The van der Waals surface area contributed by atoms with Crippen LogP contribution >= 0.6 is 11.3 Å². The van der Waals surface area contributed by atoms with E-state index in [1.807, 2.05) is 6.07 Å². The van der Waals surface area contributed by atoms with Crippen LogP contribution in [0.2, 0.25) is 0 Å². The minimum Gasteiger partial charge on any atom is -0.381 e. The Bertz CT molecular complexity index is 392. The SMILES string of the molecule is O=C(NC1CC1)C1(c2cccs2)CCOCC1. The predicted molar refractivity (Wildman–Crippen MR) is 67.2 cm³/mol. The van der Waals surface area contributed by atoms with Gasteiger partial charge in [0.05, 0.1) is 5.41 Å². The van der Waals surface area contributed by atoms with Crippen molar-refractivity contribution < 1.29 is 9.53 Å². The summed E-state index contributed by atoms with van der Waals surface area (Å²) >= 11 is 1.69. The average molecular weight is 251 g/mol. The predicted octanol–water partition coefficient (Wildman–Crippen LogP) is 2.07. The van der Waals surface area contributed by atoms with Crippen molar-refractivity contribution >= 4 is 17.2 Å². The Morgan fingerprint density at radius 1 is 1.41 bits per heavy atom. The number of amides is 1. The highest BCUT2D eigenvalue weighted by Gasteiger charge is 2.44. The number of hydrogen-bond donors (Lipinski definition) is 1. The standard InChI is InChI=1S/C13H17NO2S/c15-12(14-10-3-4-10)13(5-7-16-8-6-13)11-2-1-9-17-11/h1-2,9-10H,3-8H2,(H,14,15). The van der Waals surface area contributed by atoms with Crippen LogP contribution in [0.1, 0.15) is 30.6 Å². The lowest BCUT2D eigenvalue weighted by atomic mass is 9.78. The molecule has 1 aromatic heterocycles. The van der Waals surface area contributed by atoms with Crippen LogP contribution in [0.15, 0.2) is 17.5 Å². The number of carbonyl (C=O) groups is 1. The number of hydrogen-bond acceptors (Lipinski definition) is 3. The maximum atomic E-state index is 12.5. The molecule has 0 bridgehead atoms. The molecule has 1 N–H and O–H groups in total. The van der Waals surface area contributed by atoms with Gasteiger partial charge in [0.15, 0.2) is 0 Å². The lowest BCUT2D eigenvalue weighted by molar-refractivity contribution is -0.130. The Hall–Kier alpha value is -0.870. The minimum atomic E-state index is -0.324. The van der Waals surface area contributed by atoms with Gasteiger partial charge in [-0.1, -0.05) is 6.07 Å². The molecule has 2 aliphatic rings. The van der Waals surface area contributed by atoms with Crippen LogP contribution < -0.4 is 5.32 Å². The molecule has 1 aliphatic carbocycles. The monoisotopic (exact) mass is 251 g/mol. The number of carbonyl (C=O) groups excluding carboxylic acids is 1. The molecule has 0 aromatic carbocycles.